The van der Waals surface area contributed by atoms with Crippen molar-refractivity contribution in [2.45, 2.75) is 24.9 Å². The summed E-state index contributed by atoms with van der Waals surface area (Å²) in [5.41, 5.74) is 2.92. The smallest absolute Gasteiger partial charge is 0.234 e. The molecule has 2 N–H and O–H groups in total. The van der Waals surface area contributed by atoms with Crippen LogP contribution in [-0.2, 0) is 11.2 Å². The Labute approximate surface area is 173 Å². The summed E-state index contributed by atoms with van der Waals surface area (Å²) >= 11 is 1.28. The number of anilines is 1. The van der Waals surface area contributed by atoms with Gasteiger partial charge in [-0.2, -0.15) is 0 Å². The molecule has 0 saturated carbocycles. The number of hydrogen-bond donors (Lipinski definition) is 2. The van der Waals surface area contributed by atoms with Crippen molar-refractivity contribution >= 4 is 23.4 Å². The maximum Gasteiger partial charge on any atom is 0.234 e. The summed E-state index contributed by atoms with van der Waals surface area (Å²) in [6, 6.07) is 13.6. The molecule has 0 aliphatic carbocycles. The Bertz CT molecular complexity index is 988. The number of nitrogens with zero attached hydrogens (tertiary/aromatic N) is 2. The maximum absolute atomic E-state index is 12.3. The Morgan fingerprint density at radius 3 is 2.72 bits per heavy atom. The van der Waals surface area contributed by atoms with Gasteiger partial charge in [-0.3, -0.25) is 9.89 Å². The SMILES string of the molecule is CCc1ccc(-c2nc(SCC(=O)Nc3ccc4c(c3)OCCCO4)n[nH]2)cc1. The first kappa shape index (κ1) is 19.3. The van der Waals surface area contributed by atoms with Gasteiger partial charge in [-0.05, 0) is 24.1 Å². The lowest BCUT2D eigenvalue weighted by atomic mass is 10.1. The number of nitrogens with one attached hydrogen (secondary N) is 2. The van der Waals surface area contributed by atoms with Crippen molar-refractivity contribution in [2.24, 2.45) is 0 Å². The average molecular weight is 410 g/mol. The van der Waals surface area contributed by atoms with Gasteiger partial charge in [-0.25, -0.2) is 4.98 Å². The fraction of sp³-hybridized carbons (Fsp3) is 0.286. The lowest BCUT2D eigenvalue weighted by Gasteiger charge is -2.10. The Hall–Kier alpha value is -3.00. The van der Waals surface area contributed by atoms with E-state index in [1.807, 2.05) is 18.2 Å². The van der Waals surface area contributed by atoms with Gasteiger partial charge in [0.1, 0.15) is 0 Å². The molecule has 0 spiro atoms. The summed E-state index contributed by atoms with van der Waals surface area (Å²) in [4.78, 5) is 16.8. The molecule has 1 aliphatic rings. The van der Waals surface area contributed by atoms with Crippen LogP contribution in [0, 0.1) is 0 Å². The highest BCUT2D eigenvalue weighted by Gasteiger charge is 2.13. The Morgan fingerprint density at radius 2 is 1.93 bits per heavy atom. The molecular formula is C21H22N4O3S. The second kappa shape index (κ2) is 9.00. The van der Waals surface area contributed by atoms with E-state index in [1.54, 1.807) is 12.1 Å². The molecule has 0 bridgehead atoms. The minimum absolute atomic E-state index is 0.136. The zero-order chi connectivity index (χ0) is 20.1. The molecule has 4 rings (SSSR count). The summed E-state index contributed by atoms with van der Waals surface area (Å²) in [6.07, 6.45) is 1.84. The molecular weight excluding hydrogens is 388 g/mol. The van der Waals surface area contributed by atoms with Gasteiger partial charge in [0.2, 0.25) is 11.1 Å². The van der Waals surface area contributed by atoms with Crippen LogP contribution < -0.4 is 14.8 Å². The first-order valence-electron chi connectivity index (χ1n) is 9.55. The average Bonchev–Trinajstić information content (AvgIpc) is 3.10. The number of aromatic nitrogens is 3. The topological polar surface area (TPSA) is 89.1 Å². The van der Waals surface area contributed by atoms with E-state index >= 15 is 0 Å². The van der Waals surface area contributed by atoms with E-state index in [4.69, 9.17) is 9.47 Å². The number of H-pyrrole nitrogens is 1. The van der Waals surface area contributed by atoms with Crippen molar-refractivity contribution in [1.82, 2.24) is 15.2 Å². The second-order valence-electron chi connectivity index (χ2n) is 6.57. The third kappa shape index (κ3) is 4.89. The van der Waals surface area contributed by atoms with Gasteiger partial charge in [-0.1, -0.05) is 43.0 Å². The third-order valence-corrected chi connectivity index (χ3v) is 5.31. The number of carbonyl (C=O) groups excluding carboxylic acids is 1. The molecule has 3 aromatic rings. The van der Waals surface area contributed by atoms with Crippen molar-refractivity contribution in [2.75, 3.05) is 24.3 Å². The van der Waals surface area contributed by atoms with Crippen molar-refractivity contribution < 1.29 is 14.3 Å². The molecule has 0 atom stereocenters. The molecule has 2 heterocycles. The fourth-order valence-electron chi connectivity index (χ4n) is 2.91. The van der Waals surface area contributed by atoms with Crippen LogP contribution in [0.25, 0.3) is 11.4 Å². The summed E-state index contributed by atoms with van der Waals surface area (Å²) in [7, 11) is 0. The first-order valence-corrected chi connectivity index (χ1v) is 10.5. The lowest BCUT2D eigenvalue weighted by Crippen LogP contribution is -2.14. The molecule has 1 aromatic heterocycles. The van der Waals surface area contributed by atoms with Crippen molar-refractivity contribution in [1.29, 1.82) is 0 Å². The van der Waals surface area contributed by atoms with Gasteiger partial charge in [-0.15, -0.1) is 5.10 Å². The molecule has 2 aromatic carbocycles. The van der Waals surface area contributed by atoms with Crippen LogP contribution in [0.5, 0.6) is 11.5 Å². The number of amides is 1. The minimum Gasteiger partial charge on any atom is -0.490 e. The van der Waals surface area contributed by atoms with Crippen molar-refractivity contribution in [3.63, 3.8) is 0 Å². The Morgan fingerprint density at radius 1 is 1.14 bits per heavy atom. The van der Waals surface area contributed by atoms with Crippen LogP contribution in [0.4, 0.5) is 5.69 Å². The number of rotatable bonds is 6. The van der Waals surface area contributed by atoms with E-state index in [0.29, 0.717) is 41.4 Å². The number of thioether (sulfide) groups is 1. The van der Waals surface area contributed by atoms with Gasteiger partial charge in [0.25, 0.3) is 0 Å². The highest BCUT2D eigenvalue weighted by Crippen LogP contribution is 2.32. The number of carbonyl (C=O) groups is 1. The van der Waals surface area contributed by atoms with E-state index < -0.39 is 0 Å². The molecule has 0 unspecified atom stereocenters. The summed E-state index contributed by atoms with van der Waals surface area (Å²) < 4.78 is 11.3. The summed E-state index contributed by atoms with van der Waals surface area (Å²) in [5.74, 6) is 2.12. The normalized spacial score (nSPS) is 13.0. The van der Waals surface area contributed by atoms with Crippen LogP contribution in [0.1, 0.15) is 18.9 Å². The summed E-state index contributed by atoms with van der Waals surface area (Å²) in [6.45, 7) is 3.36. The van der Waals surface area contributed by atoms with E-state index in [1.165, 1.54) is 17.3 Å². The summed E-state index contributed by atoms with van der Waals surface area (Å²) in [5, 5.41) is 10.5. The molecule has 0 saturated heterocycles. The zero-order valence-electron chi connectivity index (χ0n) is 16.1. The monoisotopic (exact) mass is 410 g/mol. The van der Waals surface area contributed by atoms with Crippen LogP contribution in [0.3, 0.4) is 0 Å². The van der Waals surface area contributed by atoms with E-state index in [9.17, 15) is 4.79 Å². The number of aryl methyl sites for hydroxylation is 1. The molecule has 150 valence electrons. The largest absolute Gasteiger partial charge is 0.490 e. The predicted octanol–water partition coefficient (Wildman–Crippen LogP) is 3.93. The van der Waals surface area contributed by atoms with E-state index in [2.05, 4.69) is 39.6 Å². The molecule has 0 fully saturated rings. The van der Waals surface area contributed by atoms with Gasteiger partial charge in [0.15, 0.2) is 17.3 Å². The van der Waals surface area contributed by atoms with Crippen molar-refractivity contribution in [3.8, 4) is 22.9 Å². The number of aromatic amines is 1. The van der Waals surface area contributed by atoms with Gasteiger partial charge >= 0.3 is 0 Å². The van der Waals surface area contributed by atoms with Gasteiger partial charge in [0, 0.05) is 23.7 Å². The highest BCUT2D eigenvalue weighted by molar-refractivity contribution is 7.99. The maximum atomic E-state index is 12.3. The first-order chi connectivity index (χ1) is 14.2. The molecule has 7 nitrogen and oxygen atoms in total. The van der Waals surface area contributed by atoms with E-state index in [-0.39, 0.29) is 11.7 Å². The number of fused-ring (bicyclic) bond motifs is 1. The molecule has 1 amide bonds. The minimum atomic E-state index is -0.136. The molecule has 1 aliphatic heterocycles. The molecule has 8 heteroatoms. The van der Waals surface area contributed by atoms with E-state index in [0.717, 1.165) is 18.4 Å². The second-order valence-corrected chi connectivity index (χ2v) is 7.51. The zero-order valence-corrected chi connectivity index (χ0v) is 16.9. The Balaban J connectivity index is 1.33. The fourth-order valence-corrected chi connectivity index (χ4v) is 3.50. The highest BCUT2D eigenvalue weighted by atomic mass is 32.2. The van der Waals surface area contributed by atoms with Crippen LogP contribution >= 0.6 is 11.8 Å². The quantitative estimate of drug-likeness (QED) is 0.599. The van der Waals surface area contributed by atoms with Gasteiger partial charge < -0.3 is 14.8 Å². The van der Waals surface area contributed by atoms with Crippen LogP contribution in [0.15, 0.2) is 47.6 Å². The Kier molecular flexibility index (Phi) is 6.00. The van der Waals surface area contributed by atoms with Crippen LogP contribution in [0.2, 0.25) is 0 Å². The standard InChI is InChI=1S/C21H22N4O3S/c1-2-14-4-6-15(7-5-14)20-23-21(25-24-20)29-13-19(26)22-16-8-9-17-18(12-16)28-11-3-10-27-17/h4-9,12H,2-3,10-11,13H2,1H3,(H,22,26)(H,23,24,25). The molecule has 0 radical (unpaired) electrons. The number of benzene rings is 2. The number of hydrogen-bond acceptors (Lipinski definition) is 6. The predicted molar refractivity (Wildman–Crippen MR) is 113 cm³/mol. The van der Waals surface area contributed by atoms with Crippen LogP contribution in [-0.4, -0.2) is 40.1 Å². The molecule has 29 heavy (non-hydrogen) atoms. The number of ether oxygens (including phenoxy) is 2. The lowest BCUT2D eigenvalue weighted by molar-refractivity contribution is -0.113. The van der Waals surface area contributed by atoms with Crippen molar-refractivity contribution in [3.05, 3.63) is 48.0 Å². The van der Waals surface area contributed by atoms with Gasteiger partial charge in [0.05, 0.1) is 19.0 Å². The third-order valence-electron chi connectivity index (χ3n) is 4.46.